The zero-order chi connectivity index (χ0) is 17.6. The number of fused-ring (bicyclic) bond motifs is 1. The quantitative estimate of drug-likeness (QED) is 0.896. The molecule has 1 saturated carbocycles. The van der Waals surface area contributed by atoms with Crippen LogP contribution < -0.4 is 11.1 Å². The Labute approximate surface area is 144 Å². The fourth-order valence-corrected chi connectivity index (χ4v) is 3.63. The maximum absolute atomic E-state index is 14.7. The highest BCUT2D eigenvalue weighted by Gasteiger charge is 2.39. The van der Waals surface area contributed by atoms with Gasteiger partial charge in [-0.1, -0.05) is 0 Å². The maximum Gasteiger partial charge on any atom is 0.252 e. The topological polar surface area (TPSA) is 84.8 Å². The molecular formula is C18H20FN5O. The van der Waals surface area contributed by atoms with Gasteiger partial charge >= 0.3 is 0 Å². The summed E-state index contributed by atoms with van der Waals surface area (Å²) in [5.74, 6) is -0.581. The summed E-state index contributed by atoms with van der Waals surface area (Å²) < 4.78 is 16.4. The Morgan fingerprint density at radius 1 is 1.52 bits per heavy atom. The molecule has 0 spiro atoms. The summed E-state index contributed by atoms with van der Waals surface area (Å²) in [5.41, 5.74) is 7.79. The number of hydrogen-bond acceptors (Lipinski definition) is 4. The number of hydrogen-bond donors (Lipinski definition) is 2. The highest BCUT2D eigenvalue weighted by molar-refractivity contribution is 6.02. The SMILES string of the molecule is C[C@]1(F)CCC[C@H]1Nc1c(C(N)=O)cnn2cc(C3=CC=NC3)cc12. The van der Waals surface area contributed by atoms with Crippen LogP contribution in [0.4, 0.5) is 10.1 Å². The molecule has 1 aliphatic carbocycles. The second-order valence-corrected chi connectivity index (χ2v) is 6.90. The fourth-order valence-electron chi connectivity index (χ4n) is 3.63. The summed E-state index contributed by atoms with van der Waals surface area (Å²) in [7, 11) is 0. The Kier molecular flexibility index (Phi) is 3.59. The number of carbonyl (C=O) groups is 1. The van der Waals surface area contributed by atoms with E-state index in [2.05, 4.69) is 15.4 Å². The monoisotopic (exact) mass is 341 g/mol. The minimum Gasteiger partial charge on any atom is -0.377 e. The summed E-state index contributed by atoms with van der Waals surface area (Å²) in [6, 6.07) is 1.58. The lowest BCUT2D eigenvalue weighted by Crippen LogP contribution is -2.36. The van der Waals surface area contributed by atoms with E-state index in [9.17, 15) is 9.18 Å². The van der Waals surface area contributed by atoms with Crippen LogP contribution in [0.15, 0.2) is 29.5 Å². The minimum absolute atomic E-state index is 0.275. The molecule has 0 unspecified atom stereocenters. The van der Waals surface area contributed by atoms with E-state index in [0.29, 0.717) is 30.6 Å². The van der Waals surface area contributed by atoms with Crippen molar-refractivity contribution in [2.24, 2.45) is 10.7 Å². The molecule has 1 fully saturated rings. The number of nitrogens with two attached hydrogens (primary N) is 1. The molecule has 0 radical (unpaired) electrons. The van der Waals surface area contributed by atoms with Crippen molar-refractivity contribution in [3.05, 3.63) is 35.7 Å². The third kappa shape index (κ3) is 2.69. The first-order valence-electron chi connectivity index (χ1n) is 8.42. The van der Waals surface area contributed by atoms with Gasteiger partial charge in [0.05, 0.1) is 35.6 Å². The van der Waals surface area contributed by atoms with Crippen molar-refractivity contribution in [1.82, 2.24) is 9.61 Å². The van der Waals surface area contributed by atoms with Crippen LogP contribution in [-0.2, 0) is 0 Å². The van der Waals surface area contributed by atoms with Crippen LogP contribution in [0.2, 0.25) is 0 Å². The van der Waals surface area contributed by atoms with Crippen LogP contribution in [0, 0.1) is 0 Å². The lowest BCUT2D eigenvalue weighted by molar-refractivity contribution is 0.1000. The standard InChI is InChI=1S/C18H20FN5O/c1-18(19)5-2-3-15(18)23-16-13(17(20)25)9-22-24-10-12(7-14(16)24)11-4-6-21-8-11/h4,6-7,9-10,15,23H,2-3,5,8H2,1H3,(H2,20,25)/t15-,18+/m1/s1. The van der Waals surface area contributed by atoms with E-state index >= 15 is 0 Å². The molecule has 3 heterocycles. The summed E-state index contributed by atoms with van der Waals surface area (Å²) in [6.07, 6.45) is 9.08. The van der Waals surface area contributed by atoms with Gasteiger partial charge < -0.3 is 11.1 Å². The Balaban J connectivity index is 1.81. The first-order valence-corrected chi connectivity index (χ1v) is 8.42. The molecule has 3 N–H and O–H groups in total. The van der Waals surface area contributed by atoms with Gasteiger partial charge in [-0.25, -0.2) is 8.91 Å². The summed E-state index contributed by atoms with van der Waals surface area (Å²) >= 11 is 0. The Morgan fingerprint density at radius 2 is 2.36 bits per heavy atom. The number of nitrogens with one attached hydrogen (secondary N) is 1. The van der Waals surface area contributed by atoms with Crippen molar-refractivity contribution in [2.75, 3.05) is 11.9 Å². The highest BCUT2D eigenvalue weighted by Crippen LogP contribution is 2.37. The molecule has 6 nitrogen and oxygen atoms in total. The van der Waals surface area contributed by atoms with Gasteiger partial charge in [-0.05, 0) is 43.9 Å². The number of rotatable bonds is 4. The van der Waals surface area contributed by atoms with Gasteiger partial charge in [0.25, 0.3) is 5.91 Å². The van der Waals surface area contributed by atoms with E-state index in [1.807, 2.05) is 18.3 Å². The van der Waals surface area contributed by atoms with E-state index in [1.165, 1.54) is 6.20 Å². The van der Waals surface area contributed by atoms with Crippen molar-refractivity contribution in [3.63, 3.8) is 0 Å². The molecule has 7 heteroatoms. The van der Waals surface area contributed by atoms with Crippen molar-refractivity contribution >= 4 is 28.9 Å². The lowest BCUT2D eigenvalue weighted by atomic mass is 10.0. The molecule has 25 heavy (non-hydrogen) atoms. The third-order valence-corrected chi connectivity index (χ3v) is 5.12. The molecule has 1 amide bonds. The second-order valence-electron chi connectivity index (χ2n) is 6.90. The molecule has 2 aliphatic rings. The smallest absolute Gasteiger partial charge is 0.252 e. The van der Waals surface area contributed by atoms with Gasteiger partial charge in [0, 0.05) is 18.0 Å². The number of halogens is 1. The molecule has 2 atom stereocenters. The first kappa shape index (κ1) is 15.8. The number of allylic oxidation sites excluding steroid dienone is 1. The van der Waals surface area contributed by atoms with E-state index < -0.39 is 11.6 Å². The number of alkyl halides is 1. The zero-order valence-corrected chi connectivity index (χ0v) is 14.0. The first-order chi connectivity index (χ1) is 12.0. The number of nitrogens with zero attached hydrogens (tertiary/aromatic N) is 3. The predicted octanol–water partition coefficient (Wildman–Crippen LogP) is 2.59. The zero-order valence-electron chi connectivity index (χ0n) is 14.0. The molecule has 4 rings (SSSR count). The van der Waals surface area contributed by atoms with Crippen LogP contribution in [-0.4, -0.2) is 40.0 Å². The molecule has 0 bridgehead atoms. The average Bonchev–Trinajstić information content (AvgIpc) is 3.27. The molecule has 1 aliphatic heterocycles. The predicted molar refractivity (Wildman–Crippen MR) is 95.8 cm³/mol. The van der Waals surface area contributed by atoms with Crippen LogP contribution in [0.3, 0.4) is 0 Å². The average molecular weight is 341 g/mol. The third-order valence-electron chi connectivity index (χ3n) is 5.12. The maximum atomic E-state index is 14.7. The number of primary amides is 1. The van der Waals surface area contributed by atoms with Gasteiger partial charge in [-0.15, -0.1) is 0 Å². The normalized spacial score (nSPS) is 25.5. The summed E-state index contributed by atoms with van der Waals surface area (Å²) in [4.78, 5) is 16.1. The van der Waals surface area contributed by atoms with E-state index in [4.69, 9.17) is 5.73 Å². The van der Waals surface area contributed by atoms with Crippen molar-refractivity contribution in [2.45, 2.75) is 37.9 Å². The number of amides is 1. The molecule has 2 aromatic heterocycles. The molecule has 130 valence electrons. The van der Waals surface area contributed by atoms with Crippen LogP contribution in [0.1, 0.15) is 42.1 Å². The number of aromatic nitrogens is 2. The van der Waals surface area contributed by atoms with Crippen molar-refractivity contribution in [3.8, 4) is 0 Å². The summed E-state index contributed by atoms with van der Waals surface area (Å²) in [5, 5.41) is 7.52. The number of anilines is 1. The molecule has 0 saturated heterocycles. The van der Waals surface area contributed by atoms with E-state index in [1.54, 1.807) is 17.7 Å². The fraction of sp³-hybridized carbons (Fsp3) is 0.389. The van der Waals surface area contributed by atoms with Crippen LogP contribution in [0.25, 0.3) is 11.1 Å². The largest absolute Gasteiger partial charge is 0.377 e. The highest BCUT2D eigenvalue weighted by atomic mass is 19.1. The Morgan fingerprint density at radius 3 is 3.00 bits per heavy atom. The minimum atomic E-state index is -1.31. The second kappa shape index (κ2) is 5.68. The Bertz CT molecular complexity index is 912. The lowest BCUT2D eigenvalue weighted by Gasteiger charge is -2.26. The van der Waals surface area contributed by atoms with Crippen LogP contribution >= 0.6 is 0 Å². The number of carbonyl (C=O) groups excluding carboxylic acids is 1. The van der Waals surface area contributed by atoms with Crippen LogP contribution in [0.5, 0.6) is 0 Å². The van der Waals surface area contributed by atoms with Gasteiger partial charge in [-0.3, -0.25) is 9.79 Å². The van der Waals surface area contributed by atoms with E-state index in [0.717, 1.165) is 17.6 Å². The molecule has 2 aromatic rings. The number of aliphatic imine (C=N–C) groups is 1. The molecule has 0 aromatic carbocycles. The van der Waals surface area contributed by atoms with E-state index in [-0.39, 0.29) is 11.6 Å². The van der Waals surface area contributed by atoms with Crippen molar-refractivity contribution < 1.29 is 9.18 Å². The summed E-state index contributed by atoms with van der Waals surface area (Å²) in [6.45, 7) is 2.22. The molecular weight excluding hydrogens is 321 g/mol. The van der Waals surface area contributed by atoms with Gasteiger partial charge in [0.2, 0.25) is 0 Å². The van der Waals surface area contributed by atoms with Gasteiger partial charge in [-0.2, -0.15) is 5.10 Å². The van der Waals surface area contributed by atoms with Crippen molar-refractivity contribution in [1.29, 1.82) is 0 Å². The van der Waals surface area contributed by atoms with Gasteiger partial charge in [0.15, 0.2) is 0 Å². The Hall–Kier alpha value is -2.70. The van der Waals surface area contributed by atoms with Gasteiger partial charge in [0.1, 0.15) is 5.67 Å².